The third kappa shape index (κ3) is 3.38. The van der Waals surface area contributed by atoms with E-state index < -0.39 is 0 Å². The number of nitrogens with one attached hydrogen (secondary N) is 1. The van der Waals surface area contributed by atoms with Crippen molar-refractivity contribution in [2.45, 2.75) is 51.5 Å². The minimum absolute atomic E-state index is 0.346. The molecule has 2 nitrogen and oxygen atoms in total. The Morgan fingerprint density at radius 3 is 2.88 bits per heavy atom. The van der Waals surface area contributed by atoms with Gasteiger partial charge in [-0.15, -0.1) is 0 Å². The monoisotopic (exact) mass is 221 g/mol. The zero-order chi connectivity index (χ0) is 11.2. The van der Waals surface area contributed by atoms with Gasteiger partial charge in [0.15, 0.2) is 0 Å². The molecule has 1 aliphatic rings. The van der Waals surface area contributed by atoms with Crippen LogP contribution in [0.4, 0.5) is 0 Å². The second-order valence-corrected chi connectivity index (χ2v) is 4.98. The van der Waals surface area contributed by atoms with Crippen molar-refractivity contribution in [3.05, 3.63) is 24.2 Å². The van der Waals surface area contributed by atoms with Crippen molar-refractivity contribution in [1.82, 2.24) is 5.32 Å². The maximum absolute atomic E-state index is 5.38. The van der Waals surface area contributed by atoms with E-state index in [1.165, 1.54) is 38.5 Å². The van der Waals surface area contributed by atoms with Gasteiger partial charge in [-0.2, -0.15) is 0 Å². The number of hydrogen-bond acceptors (Lipinski definition) is 2. The van der Waals surface area contributed by atoms with Gasteiger partial charge in [0.05, 0.1) is 12.3 Å². The lowest BCUT2D eigenvalue weighted by Gasteiger charge is -2.22. The summed E-state index contributed by atoms with van der Waals surface area (Å²) in [5, 5.41) is 3.54. The summed E-state index contributed by atoms with van der Waals surface area (Å²) >= 11 is 0. The first-order valence-corrected chi connectivity index (χ1v) is 6.63. The van der Waals surface area contributed by atoms with Gasteiger partial charge in [-0.1, -0.05) is 32.1 Å². The van der Waals surface area contributed by atoms with E-state index in [2.05, 4.69) is 12.2 Å². The molecule has 1 saturated carbocycles. The van der Waals surface area contributed by atoms with Gasteiger partial charge in [-0.25, -0.2) is 0 Å². The van der Waals surface area contributed by atoms with Gasteiger partial charge in [-0.3, -0.25) is 0 Å². The van der Waals surface area contributed by atoms with Crippen LogP contribution in [0.2, 0.25) is 0 Å². The molecule has 2 rings (SSSR count). The molecule has 0 spiro atoms. The second kappa shape index (κ2) is 6.09. The summed E-state index contributed by atoms with van der Waals surface area (Å²) in [4.78, 5) is 0. The Balaban J connectivity index is 1.63. The van der Waals surface area contributed by atoms with Crippen LogP contribution >= 0.6 is 0 Å². The van der Waals surface area contributed by atoms with E-state index in [9.17, 15) is 0 Å². The summed E-state index contributed by atoms with van der Waals surface area (Å²) < 4.78 is 5.38. The Morgan fingerprint density at radius 2 is 2.19 bits per heavy atom. The molecule has 0 bridgehead atoms. The number of hydrogen-bond donors (Lipinski definition) is 1. The van der Waals surface area contributed by atoms with Crippen LogP contribution in [0, 0.1) is 5.92 Å². The molecular formula is C14H23NO. The molecule has 1 N–H and O–H groups in total. The van der Waals surface area contributed by atoms with Crippen LogP contribution in [-0.2, 0) is 0 Å². The van der Waals surface area contributed by atoms with Crippen LogP contribution in [0.15, 0.2) is 22.8 Å². The van der Waals surface area contributed by atoms with Crippen molar-refractivity contribution in [2.24, 2.45) is 5.92 Å². The molecule has 90 valence electrons. The van der Waals surface area contributed by atoms with E-state index in [0.29, 0.717) is 6.04 Å². The lowest BCUT2D eigenvalue weighted by Crippen LogP contribution is -2.22. The van der Waals surface area contributed by atoms with Crippen molar-refractivity contribution < 1.29 is 4.42 Å². The van der Waals surface area contributed by atoms with E-state index in [1.54, 1.807) is 6.26 Å². The topological polar surface area (TPSA) is 25.2 Å². The van der Waals surface area contributed by atoms with Gasteiger partial charge in [0.25, 0.3) is 0 Å². The minimum Gasteiger partial charge on any atom is -0.468 e. The van der Waals surface area contributed by atoms with Crippen molar-refractivity contribution in [1.29, 1.82) is 0 Å². The van der Waals surface area contributed by atoms with E-state index in [-0.39, 0.29) is 0 Å². The summed E-state index contributed by atoms with van der Waals surface area (Å²) in [6.45, 7) is 3.28. The molecule has 0 radical (unpaired) electrons. The van der Waals surface area contributed by atoms with Crippen LogP contribution in [0.1, 0.15) is 57.3 Å². The normalized spacial score (nSPS) is 19.8. The van der Waals surface area contributed by atoms with Crippen molar-refractivity contribution in [2.75, 3.05) is 6.54 Å². The highest BCUT2D eigenvalue weighted by Crippen LogP contribution is 2.26. The Bertz CT molecular complexity index is 275. The van der Waals surface area contributed by atoms with Crippen molar-refractivity contribution >= 4 is 0 Å². The van der Waals surface area contributed by atoms with Crippen molar-refractivity contribution in [3.8, 4) is 0 Å². The summed E-state index contributed by atoms with van der Waals surface area (Å²) in [6, 6.07) is 4.34. The lowest BCUT2D eigenvalue weighted by molar-refractivity contribution is 0.324. The molecule has 0 aromatic carbocycles. The first-order chi connectivity index (χ1) is 7.86. The van der Waals surface area contributed by atoms with Gasteiger partial charge in [0.1, 0.15) is 5.76 Å². The van der Waals surface area contributed by atoms with Gasteiger partial charge < -0.3 is 9.73 Å². The largest absolute Gasteiger partial charge is 0.468 e. The molecule has 0 unspecified atom stereocenters. The van der Waals surface area contributed by atoms with Crippen LogP contribution in [-0.4, -0.2) is 6.54 Å². The van der Waals surface area contributed by atoms with E-state index in [1.807, 2.05) is 12.1 Å². The van der Waals surface area contributed by atoms with E-state index in [0.717, 1.165) is 18.2 Å². The molecule has 2 heteroatoms. The van der Waals surface area contributed by atoms with Crippen LogP contribution in [0.25, 0.3) is 0 Å². The zero-order valence-corrected chi connectivity index (χ0v) is 10.2. The molecule has 0 aliphatic heterocycles. The predicted molar refractivity (Wildman–Crippen MR) is 66.3 cm³/mol. The molecule has 0 saturated heterocycles. The van der Waals surface area contributed by atoms with Gasteiger partial charge in [0.2, 0.25) is 0 Å². The second-order valence-electron chi connectivity index (χ2n) is 4.98. The van der Waals surface area contributed by atoms with Crippen LogP contribution < -0.4 is 5.32 Å². The maximum atomic E-state index is 5.38. The fourth-order valence-electron chi connectivity index (χ4n) is 2.62. The molecule has 0 amide bonds. The number of furan rings is 1. The minimum atomic E-state index is 0.346. The Hall–Kier alpha value is -0.760. The quantitative estimate of drug-likeness (QED) is 0.815. The first kappa shape index (κ1) is 11.7. The Morgan fingerprint density at radius 1 is 1.38 bits per heavy atom. The van der Waals surface area contributed by atoms with E-state index in [4.69, 9.17) is 4.42 Å². The molecule has 1 aromatic heterocycles. The lowest BCUT2D eigenvalue weighted by atomic mass is 9.87. The number of rotatable bonds is 5. The predicted octanol–water partition coefficient (Wildman–Crippen LogP) is 3.90. The van der Waals surface area contributed by atoms with Crippen molar-refractivity contribution in [3.63, 3.8) is 0 Å². The van der Waals surface area contributed by atoms with Gasteiger partial charge >= 0.3 is 0 Å². The zero-order valence-electron chi connectivity index (χ0n) is 10.2. The highest BCUT2D eigenvalue weighted by Gasteiger charge is 2.13. The SMILES string of the molecule is C[C@H](NCCC1CCCCC1)c1ccco1. The van der Waals surface area contributed by atoms with E-state index >= 15 is 0 Å². The average molecular weight is 221 g/mol. The standard InChI is InChI=1S/C14H23NO/c1-12(14-8-5-11-16-14)15-10-9-13-6-3-2-4-7-13/h5,8,11-13,15H,2-4,6-7,9-10H2,1H3/t12-/m0/s1. The fraction of sp³-hybridized carbons (Fsp3) is 0.714. The van der Waals surface area contributed by atoms with Gasteiger partial charge in [0, 0.05) is 0 Å². The smallest absolute Gasteiger partial charge is 0.120 e. The van der Waals surface area contributed by atoms with Crippen LogP contribution in [0.5, 0.6) is 0 Å². The molecular weight excluding hydrogens is 198 g/mol. The van der Waals surface area contributed by atoms with Gasteiger partial charge in [-0.05, 0) is 37.9 Å². The highest BCUT2D eigenvalue weighted by molar-refractivity contribution is 5.02. The van der Waals surface area contributed by atoms with Crippen LogP contribution in [0.3, 0.4) is 0 Å². The first-order valence-electron chi connectivity index (χ1n) is 6.63. The summed E-state index contributed by atoms with van der Waals surface area (Å²) in [5.41, 5.74) is 0. The fourth-order valence-corrected chi connectivity index (χ4v) is 2.62. The molecule has 16 heavy (non-hydrogen) atoms. The molecule has 1 fully saturated rings. The summed E-state index contributed by atoms with van der Waals surface area (Å²) in [6.07, 6.45) is 10.3. The third-order valence-electron chi connectivity index (χ3n) is 3.70. The molecule has 1 aliphatic carbocycles. The summed E-state index contributed by atoms with van der Waals surface area (Å²) in [7, 11) is 0. The molecule has 1 atom stereocenters. The average Bonchev–Trinajstić information content (AvgIpc) is 2.84. The Labute approximate surface area is 98.4 Å². The molecule has 1 heterocycles. The molecule has 1 aromatic rings. The Kier molecular flexibility index (Phi) is 4.46. The summed E-state index contributed by atoms with van der Waals surface area (Å²) in [5.74, 6) is 2.01. The third-order valence-corrected chi connectivity index (χ3v) is 3.70. The highest BCUT2D eigenvalue weighted by atomic mass is 16.3. The maximum Gasteiger partial charge on any atom is 0.120 e.